The monoisotopic (exact) mass is 373 g/mol. The molecule has 0 bridgehead atoms. The van der Waals surface area contributed by atoms with Crippen LogP contribution in [0.15, 0.2) is 22.7 Å². The molecule has 1 aromatic rings. The van der Waals surface area contributed by atoms with E-state index in [2.05, 4.69) is 45.6 Å². The van der Waals surface area contributed by atoms with Gasteiger partial charge in [0.15, 0.2) is 0 Å². The maximum absolute atomic E-state index is 6.41. The predicted octanol–water partition coefficient (Wildman–Crippen LogP) is 3.52. The molecule has 5 heteroatoms. The molecule has 0 amide bonds. The molecule has 1 aliphatic rings. The number of likely N-dealkylation sites (tertiary alicyclic amines) is 1. The molecule has 1 heterocycles. The zero-order chi connectivity index (χ0) is 15.4. The first-order valence-electron chi connectivity index (χ1n) is 7.73. The third-order valence-electron chi connectivity index (χ3n) is 4.51. The van der Waals surface area contributed by atoms with Gasteiger partial charge in [-0.05, 0) is 37.2 Å². The van der Waals surface area contributed by atoms with Crippen LogP contribution in [0.1, 0.15) is 31.9 Å². The maximum Gasteiger partial charge on any atom is 0.0485 e. The molecule has 2 atom stereocenters. The second kappa shape index (κ2) is 7.93. The van der Waals surface area contributed by atoms with Crippen molar-refractivity contribution in [3.8, 4) is 0 Å². The van der Waals surface area contributed by atoms with E-state index in [0.717, 1.165) is 41.2 Å². The van der Waals surface area contributed by atoms with Crippen molar-refractivity contribution >= 4 is 27.5 Å². The Kier molecular flexibility index (Phi) is 6.51. The van der Waals surface area contributed by atoms with Gasteiger partial charge < -0.3 is 5.73 Å². The van der Waals surface area contributed by atoms with E-state index in [1.807, 2.05) is 12.1 Å². The molecule has 1 aliphatic heterocycles. The van der Waals surface area contributed by atoms with Gasteiger partial charge in [-0.1, -0.05) is 47.4 Å². The van der Waals surface area contributed by atoms with Crippen LogP contribution in [0.3, 0.4) is 0 Å². The summed E-state index contributed by atoms with van der Waals surface area (Å²) in [4.78, 5) is 5.02. The van der Waals surface area contributed by atoms with E-state index in [1.165, 1.54) is 6.42 Å². The molecular formula is C16H25BrClN3. The molecule has 1 aromatic carbocycles. The zero-order valence-electron chi connectivity index (χ0n) is 12.9. The van der Waals surface area contributed by atoms with Gasteiger partial charge in [0.2, 0.25) is 0 Å². The maximum atomic E-state index is 6.41. The lowest BCUT2D eigenvalue weighted by atomic mass is 10.1. The van der Waals surface area contributed by atoms with Crippen LogP contribution in [-0.4, -0.2) is 48.6 Å². The van der Waals surface area contributed by atoms with Crippen molar-refractivity contribution in [3.05, 3.63) is 33.3 Å². The normalized spacial score (nSPS) is 21.1. The summed E-state index contributed by atoms with van der Waals surface area (Å²) in [5, 5.41) is 0.797. The Morgan fingerprint density at radius 2 is 2.14 bits per heavy atom. The standard InChI is InChI=1S/C16H25BrClN3/c1-3-20(4-2)13-7-8-21(11-13)16(10-19)14-6-5-12(17)9-15(14)18/h5-6,9,13,16H,3-4,7-8,10-11,19H2,1-2H3. The third-order valence-corrected chi connectivity index (χ3v) is 5.33. The minimum Gasteiger partial charge on any atom is -0.329 e. The highest BCUT2D eigenvalue weighted by Crippen LogP contribution is 2.32. The molecule has 1 fully saturated rings. The van der Waals surface area contributed by atoms with Gasteiger partial charge in [0.05, 0.1) is 0 Å². The average Bonchev–Trinajstić information content (AvgIpc) is 2.93. The summed E-state index contributed by atoms with van der Waals surface area (Å²) < 4.78 is 1.01. The number of hydrogen-bond donors (Lipinski definition) is 1. The number of rotatable bonds is 6. The molecule has 2 rings (SSSR count). The topological polar surface area (TPSA) is 32.5 Å². The molecule has 0 aliphatic carbocycles. The molecule has 21 heavy (non-hydrogen) atoms. The van der Waals surface area contributed by atoms with Crippen molar-refractivity contribution in [2.24, 2.45) is 5.73 Å². The Labute approximate surface area is 141 Å². The molecule has 118 valence electrons. The molecule has 0 spiro atoms. The molecule has 0 radical (unpaired) electrons. The summed E-state index contributed by atoms with van der Waals surface area (Å²) in [6.07, 6.45) is 1.21. The summed E-state index contributed by atoms with van der Waals surface area (Å²) in [6.45, 7) is 9.47. The lowest BCUT2D eigenvalue weighted by molar-refractivity contribution is 0.190. The molecule has 2 unspecified atom stereocenters. The van der Waals surface area contributed by atoms with Gasteiger partial charge in [-0.3, -0.25) is 9.80 Å². The van der Waals surface area contributed by atoms with Crippen LogP contribution in [-0.2, 0) is 0 Å². The first-order valence-corrected chi connectivity index (χ1v) is 8.90. The Bertz CT molecular complexity index is 465. The largest absolute Gasteiger partial charge is 0.329 e. The summed E-state index contributed by atoms with van der Waals surface area (Å²) in [7, 11) is 0. The first kappa shape index (κ1) is 17.2. The van der Waals surface area contributed by atoms with Crippen LogP contribution in [0.5, 0.6) is 0 Å². The van der Waals surface area contributed by atoms with Crippen LogP contribution in [0.4, 0.5) is 0 Å². The van der Waals surface area contributed by atoms with E-state index in [4.69, 9.17) is 17.3 Å². The molecule has 2 N–H and O–H groups in total. The Balaban J connectivity index is 2.12. The highest BCUT2D eigenvalue weighted by molar-refractivity contribution is 9.10. The number of likely N-dealkylation sites (N-methyl/N-ethyl adjacent to an activating group) is 1. The minimum absolute atomic E-state index is 0.214. The van der Waals surface area contributed by atoms with Gasteiger partial charge >= 0.3 is 0 Å². The van der Waals surface area contributed by atoms with Crippen LogP contribution in [0.25, 0.3) is 0 Å². The van der Waals surface area contributed by atoms with Gasteiger partial charge in [0.1, 0.15) is 0 Å². The van der Waals surface area contributed by atoms with E-state index in [9.17, 15) is 0 Å². The van der Waals surface area contributed by atoms with Crippen molar-refractivity contribution in [1.82, 2.24) is 9.80 Å². The predicted molar refractivity (Wildman–Crippen MR) is 93.8 cm³/mol. The third kappa shape index (κ3) is 3.99. The highest BCUT2D eigenvalue weighted by Gasteiger charge is 2.31. The Morgan fingerprint density at radius 3 is 2.71 bits per heavy atom. The lowest BCUT2D eigenvalue weighted by Crippen LogP contribution is -2.39. The Hall–Kier alpha value is -0.130. The van der Waals surface area contributed by atoms with Crippen molar-refractivity contribution < 1.29 is 0 Å². The summed E-state index contributed by atoms with van der Waals surface area (Å²) in [5.74, 6) is 0. The van der Waals surface area contributed by atoms with Gasteiger partial charge in [0.25, 0.3) is 0 Å². The van der Waals surface area contributed by atoms with E-state index in [1.54, 1.807) is 0 Å². The fourth-order valence-corrected chi connectivity index (χ4v) is 4.13. The van der Waals surface area contributed by atoms with Crippen molar-refractivity contribution in [3.63, 3.8) is 0 Å². The number of benzene rings is 1. The zero-order valence-corrected chi connectivity index (χ0v) is 15.2. The summed E-state index contributed by atoms with van der Waals surface area (Å²) in [5.41, 5.74) is 7.19. The number of hydrogen-bond acceptors (Lipinski definition) is 3. The number of nitrogens with two attached hydrogens (primary N) is 1. The number of halogens is 2. The van der Waals surface area contributed by atoms with E-state index in [0.29, 0.717) is 12.6 Å². The molecule has 0 aromatic heterocycles. The molecular weight excluding hydrogens is 350 g/mol. The molecule has 1 saturated heterocycles. The average molecular weight is 375 g/mol. The second-order valence-corrected chi connectivity index (χ2v) is 6.90. The summed E-state index contributed by atoms with van der Waals surface area (Å²) >= 11 is 9.87. The fraction of sp³-hybridized carbons (Fsp3) is 0.625. The highest BCUT2D eigenvalue weighted by atomic mass is 79.9. The van der Waals surface area contributed by atoms with E-state index < -0.39 is 0 Å². The van der Waals surface area contributed by atoms with Crippen LogP contribution in [0.2, 0.25) is 5.02 Å². The van der Waals surface area contributed by atoms with Gasteiger partial charge in [-0.2, -0.15) is 0 Å². The molecule has 0 saturated carbocycles. The SMILES string of the molecule is CCN(CC)C1CCN(C(CN)c2ccc(Br)cc2Cl)C1. The second-order valence-electron chi connectivity index (χ2n) is 5.58. The Morgan fingerprint density at radius 1 is 1.43 bits per heavy atom. The van der Waals surface area contributed by atoms with Crippen molar-refractivity contribution in [1.29, 1.82) is 0 Å². The first-order chi connectivity index (χ1) is 10.1. The van der Waals surface area contributed by atoms with Gasteiger partial charge in [0, 0.05) is 41.2 Å². The fourth-order valence-electron chi connectivity index (χ4n) is 3.33. The smallest absolute Gasteiger partial charge is 0.0485 e. The summed E-state index contributed by atoms with van der Waals surface area (Å²) in [6, 6.07) is 6.95. The number of nitrogens with zero attached hydrogens (tertiary/aromatic N) is 2. The van der Waals surface area contributed by atoms with Crippen LogP contribution in [0, 0.1) is 0 Å². The van der Waals surface area contributed by atoms with E-state index >= 15 is 0 Å². The molecule has 3 nitrogen and oxygen atoms in total. The van der Waals surface area contributed by atoms with E-state index in [-0.39, 0.29) is 6.04 Å². The van der Waals surface area contributed by atoms with Crippen molar-refractivity contribution in [2.75, 3.05) is 32.7 Å². The quantitative estimate of drug-likeness (QED) is 0.827. The van der Waals surface area contributed by atoms with Gasteiger partial charge in [-0.25, -0.2) is 0 Å². The van der Waals surface area contributed by atoms with Crippen LogP contribution >= 0.6 is 27.5 Å². The van der Waals surface area contributed by atoms with Gasteiger partial charge in [-0.15, -0.1) is 0 Å². The lowest BCUT2D eigenvalue weighted by Gasteiger charge is -2.30. The van der Waals surface area contributed by atoms with Crippen molar-refractivity contribution in [2.45, 2.75) is 32.4 Å². The van der Waals surface area contributed by atoms with Crippen LogP contribution < -0.4 is 5.73 Å². The minimum atomic E-state index is 0.214.